The van der Waals surface area contributed by atoms with E-state index in [4.69, 9.17) is 10.8 Å². The monoisotopic (exact) mass is 322 g/mol. The van der Waals surface area contributed by atoms with Crippen molar-refractivity contribution < 1.29 is 15.0 Å². The zero-order valence-corrected chi connectivity index (χ0v) is 12.9. The molecule has 2 heterocycles. The summed E-state index contributed by atoms with van der Waals surface area (Å²) in [6, 6.07) is 3.37. The van der Waals surface area contributed by atoms with Gasteiger partial charge < -0.3 is 26.2 Å². The van der Waals surface area contributed by atoms with Crippen LogP contribution in [0.25, 0.3) is 10.2 Å². The third-order valence-corrected chi connectivity index (χ3v) is 4.85. The number of nitrogen functional groups attached to an aromatic ring is 1. The van der Waals surface area contributed by atoms with Crippen molar-refractivity contribution >= 4 is 39.0 Å². The number of carbonyl (C=O) groups is 1. The van der Waals surface area contributed by atoms with E-state index in [1.165, 1.54) is 0 Å². The summed E-state index contributed by atoms with van der Waals surface area (Å²) in [6.07, 6.45) is -0.513. The van der Waals surface area contributed by atoms with Gasteiger partial charge in [-0.05, 0) is 25.5 Å². The standard InChI is InChI=1S/C14H18N4O3S/c1-7-16-12-11(22-7)3-2-10(15)13(12)18-5-8(17-14(20)21)4-9(18)6-19/h2-3,8-9,17,19H,4-6,15H2,1H3,(H,20,21)/t8-,9+/m1/s1. The molecule has 1 saturated heterocycles. The number of thiazole rings is 1. The number of nitrogens with zero attached hydrogens (tertiary/aromatic N) is 2. The van der Waals surface area contributed by atoms with Crippen LogP contribution in [0.3, 0.4) is 0 Å². The molecule has 0 aliphatic carbocycles. The second-order valence-corrected chi connectivity index (χ2v) is 6.69. The first-order chi connectivity index (χ1) is 10.5. The maximum atomic E-state index is 10.8. The van der Waals surface area contributed by atoms with Gasteiger partial charge in [-0.3, -0.25) is 0 Å². The SMILES string of the molecule is Cc1nc2c(N3C[C@H](NC(=O)O)C[C@H]3CO)c(N)ccc2s1. The second-order valence-electron chi connectivity index (χ2n) is 5.45. The van der Waals surface area contributed by atoms with Gasteiger partial charge in [0.05, 0.1) is 39.8 Å². The van der Waals surface area contributed by atoms with Gasteiger partial charge in [0.25, 0.3) is 0 Å². The highest BCUT2D eigenvalue weighted by Gasteiger charge is 2.34. The van der Waals surface area contributed by atoms with Gasteiger partial charge in [-0.15, -0.1) is 11.3 Å². The number of amides is 1. The number of benzene rings is 1. The minimum atomic E-state index is -1.06. The van der Waals surface area contributed by atoms with Crippen molar-refractivity contribution in [1.82, 2.24) is 10.3 Å². The van der Waals surface area contributed by atoms with E-state index >= 15 is 0 Å². The number of hydrogen-bond donors (Lipinski definition) is 4. The van der Waals surface area contributed by atoms with E-state index in [0.717, 1.165) is 20.9 Å². The lowest BCUT2D eigenvalue weighted by molar-refractivity contribution is 0.190. The molecule has 0 radical (unpaired) electrons. The Morgan fingerprint density at radius 3 is 3.05 bits per heavy atom. The Labute approximate surface area is 131 Å². The summed E-state index contributed by atoms with van der Waals surface area (Å²) in [5.74, 6) is 0. The van der Waals surface area contributed by atoms with Crippen LogP contribution in [-0.4, -0.2) is 46.5 Å². The number of aliphatic hydroxyl groups excluding tert-OH is 1. The fraction of sp³-hybridized carbons (Fsp3) is 0.429. The molecular formula is C14H18N4O3S. The summed E-state index contributed by atoms with van der Waals surface area (Å²) in [7, 11) is 0. The minimum absolute atomic E-state index is 0.0588. The quantitative estimate of drug-likeness (QED) is 0.636. The molecule has 2 aromatic rings. The molecule has 22 heavy (non-hydrogen) atoms. The van der Waals surface area contributed by atoms with Crippen LogP contribution in [-0.2, 0) is 0 Å². The van der Waals surface area contributed by atoms with Crippen LogP contribution >= 0.6 is 11.3 Å². The fourth-order valence-electron chi connectivity index (χ4n) is 3.05. The van der Waals surface area contributed by atoms with Crippen LogP contribution in [0.15, 0.2) is 12.1 Å². The average Bonchev–Trinajstić information content (AvgIpc) is 3.00. The van der Waals surface area contributed by atoms with E-state index in [9.17, 15) is 9.90 Å². The first-order valence-corrected chi connectivity index (χ1v) is 7.83. The topological polar surface area (TPSA) is 112 Å². The highest BCUT2D eigenvalue weighted by Crippen LogP contribution is 2.38. The van der Waals surface area contributed by atoms with Crippen LogP contribution in [0.5, 0.6) is 0 Å². The molecule has 7 nitrogen and oxygen atoms in total. The van der Waals surface area contributed by atoms with E-state index in [1.807, 2.05) is 24.0 Å². The third kappa shape index (κ3) is 2.55. The predicted molar refractivity (Wildman–Crippen MR) is 86.6 cm³/mol. The van der Waals surface area contributed by atoms with Crippen molar-refractivity contribution in [3.05, 3.63) is 17.1 Å². The number of aryl methyl sites for hydroxylation is 1. The summed E-state index contributed by atoms with van der Waals surface area (Å²) in [6.45, 7) is 2.35. The summed E-state index contributed by atoms with van der Waals surface area (Å²) >= 11 is 1.59. The van der Waals surface area contributed by atoms with Gasteiger partial charge in [0.1, 0.15) is 5.52 Å². The molecule has 2 atom stereocenters. The molecule has 0 saturated carbocycles. The van der Waals surface area contributed by atoms with Crippen LogP contribution < -0.4 is 16.0 Å². The Bertz CT molecular complexity index is 717. The maximum Gasteiger partial charge on any atom is 0.404 e. The van der Waals surface area contributed by atoms with Crippen molar-refractivity contribution in [3.63, 3.8) is 0 Å². The molecule has 0 bridgehead atoms. The molecule has 1 aliphatic heterocycles. The van der Waals surface area contributed by atoms with E-state index in [-0.39, 0.29) is 18.7 Å². The lowest BCUT2D eigenvalue weighted by atomic mass is 10.1. The molecule has 0 unspecified atom stereocenters. The number of aliphatic hydroxyl groups is 1. The van der Waals surface area contributed by atoms with E-state index in [0.29, 0.717) is 18.7 Å². The van der Waals surface area contributed by atoms with Gasteiger partial charge in [-0.2, -0.15) is 0 Å². The summed E-state index contributed by atoms with van der Waals surface area (Å²) < 4.78 is 1.04. The first kappa shape index (κ1) is 14.9. The molecule has 3 rings (SSSR count). The van der Waals surface area contributed by atoms with Gasteiger partial charge in [-0.25, -0.2) is 9.78 Å². The number of hydrogen-bond acceptors (Lipinski definition) is 6. The molecule has 5 N–H and O–H groups in total. The van der Waals surface area contributed by atoms with Gasteiger partial charge >= 0.3 is 6.09 Å². The number of rotatable bonds is 3. The Morgan fingerprint density at radius 1 is 1.59 bits per heavy atom. The summed E-state index contributed by atoms with van der Waals surface area (Å²) in [5, 5.41) is 22.0. The van der Waals surface area contributed by atoms with Crippen LogP contribution in [0.1, 0.15) is 11.4 Å². The van der Waals surface area contributed by atoms with Crippen molar-refractivity contribution in [1.29, 1.82) is 0 Å². The van der Waals surface area contributed by atoms with Gasteiger partial charge in [0.2, 0.25) is 0 Å². The fourth-order valence-corrected chi connectivity index (χ4v) is 3.88. The van der Waals surface area contributed by atoms with E-state index < -0.39 is 6.09 Å². The molecule has 1 aromatic heterocycles. The first-order valence-electron chi connectivity index (χ1n) is 7.02. The summed E-state index contributed by atoms with van der Waals surface area (Å²) in [5.41, 5.74) is 8.34. The van der Waals surface area contributed by atoms with Crippen molar-refractivity contribution in [2.45, 2.75) is 25.4 Å². The zero-order chi connectivity index (χ0) is 15.9. The second kappa shape index (κ2) is 5.62. The van der Waals surface area contributed by atoms with E-state index in [2.05, 4.69) is 10.3 Å². The Hall–Kier alpha value is -2.06. The number of nitrogens with one attached hydrogen (secondary N) is 1. The third-order valence-electron chi connectivity index (χ3n) is 3.91. The van der Waals surface area contributed by atoms with Crippen LogP contribution in [0.4, 0.5) is 16.2 Å². The Kier molecular flexibility index (Phi) is 3.79. The van der Waals surface area contributed by atoms with Crippen LogP contribution in [0, 0.1) is 6.92 Å². The molecule has 1 aromatic carbocycles. The van der Waals surface area contributed by atoms with Crippen molar-refractivity contribution in [2.75, 3.05) is 23.8 Å². The molecule has 8 heteroatoms. The van der Waals surface area contributed by atoms with Crippen LogP contribution in [0.2, 0.25) is 0 Å². The number of nitrogens with two attached hydrogens (primary N) is 1. The number of fused-ring (bicyclic) bond motifs is 1. The number of carboxylic acid groups (broad SMARTS) is 1. The Morgan fingerprint density at radius 2 is 2.36 bits per heavy atom. The largest absolute Gasteiger partial charge is 0.465 e. The molecule has 1 aliphatic rings. The van der Waals surface area contributed by atoms with E-state index in [1.54, 1.807) is 11.3 Å². The molecule has 0 spiro atoms. The molecular weight excluding hydrogens is 304 g/mol. The highest BCUT2D eigenvalue weighted by atomic mass is 32.1. The smallest absolute Gasteiger partial charge is 0.404 e. The number of anilines is 2. The average molecular weight is 322 g/mol. The number of aromatic nitrogens is 1. The lowest BCUT2D eigenvalue weighted by Gasteiger charge is -2.26. The predicted octanol–water partition coefficient (Wildman–Crippen LogP) is 1.39. The Balaban J connectivity index is 2.02. The zero-order valence-electron chi connectivity index (χ0n) is 12.1. The van der Waals surface area contributed by atoms with Crippen molar-refractivity contribution in [2.24, 2.45) is 0 Å². The van der Waals surface area contributed by atoms with Gasteiger partial charge in [-0.1, -0.05) is 0 Å². The summed E-state index contributed by atoms with van der Waals surface area (Å²) in [4.78, 5) is 17.4. The molecule has 1 fully saturated rings. The molecule has 1 amide bonds. The normalized spacial score (nSPS) is 21.5. The lowest BCUT2D eigenvalue weighted by Crippen LogP contribution is -2.36. The maximum absolute atomic E-state index is 10.8. The highest BCUT2D eigenvalue weighted by molar-refractivity contribution is 7.18. The van der Waals surface area contributed by atoms with Gasteiger partial charge in [0, 0.05) is 6.54 Å². The van der Waals surface area contributed by atoms with Crippen molar-refractivity contribution in [3.8, 4) is 0 Å². The van der Waals surface area contributed by atoms with Gasteiger partial charge in [0.15, 0.2) is 0 Å². The molecule has 118 valence electrons. The minimum Gasteiger partial charge on any atom is -0.465 e.